The van der Waals surface area contributed by atoms with Gasteiger partial charge in [-0.2, -0.15) is 0 Å². The Balaban J connectivity index is 1.32. The largest absolute Gasteiger partial charge is 0.341 e. The van der Waals surface area contributed by atoms with Gasteiger partial charge in [0.05, 0.1) is 6.42 Å². The van der Waals surface area contributed by atoms with Crippen LogP contribution in [0, 0.1) is 0 Å². The van der Waals surface area contributed by atoms with Gasteiger partial charge in [0.25, 0.3) is 5.91 Å². The van der Waals surface area contributed by atoms with Crippen molar-refractivity contribution >= 4 is 17.8 Å². The van der Waals surface area contributed by atoms with Gasteiger partial charge in [-0.3, -0.25) is 19.8 Å². The summed E-state index contributed by atoms with van der Waals surface area (Å²) in [5.41, 5.74) is 2.88. The normalized spacial score (nSPS) is 24.2. The SMILES string of the molecule is O=C1NC(=O)C(CC(=O)N2CCCN(C3Cc4ccccc4C3)CC2)N1. The fraction of sp³-hybridized carbons (Fsp3) is 0.526. The van der Waals surface area contributed by atoms with Crippen molar-refractivity contribution in [2.45, 2.75) is 37.8 Å². The quantitative estimate of drug-likeness (QED) is 0.763. The number of hydrogen-bond acceptors (Lipinski definition) is 4. The number of rotatable bonds is 3. The summed E-state index contributed by atoms with van der Waals surface area (Å²) in [5.74, 6) is -0.479. The average Bonchev–Trinajstić information content (AvgIpc) is 3.08. The second-order valence-corrected chi connectivity index (χ2v) is 7.32. The number of benzene rings is 1. The number of carbonyl (C=O) groups is 3. The maximum atomic E-state index is 12.5. The summed E-state index contributed by atoms with van der Waals surface area (Å²) >= 11 is 0. The van der Waals surface area contributed by atoms with Crippen molar-refractivity contribution in [2.75, 3.05) is 26.2 Å². The zero-order valence-electron chi connectivity index (χ0n) is 14.7. The molecule has 1 aromatic carbocycles. The number of fused-ring (bicyclic) bond motifs is 1. The highest BCUT2D eigenvalue weighted by Gasteiger charge is 2.34. The van der Waals surface area contributed by atoms with Gasteiger partial charge < -0.3 is 10.2 Å². The van der Waals surface area contributed by atoms with Crippen molar-refractivity contribution in [3.8, 4) is 0 Å². The summed E-state index contributed by atoms with van der Waals surface area (Å²) in [4.78, 5) is 39.7. The molecule has 0 aromatic heterocycles. The molecule has 0 spiro atoms. The van der Waals surface area contributed by atoms with Crippen LogP contribution in [0.5, 0.6) is 0 Å². The molecule has 1 aliphatic carbocycles. The van der Waals surface area contributed by atoms with E-state index in [2.05, 4.69) is 39.8 Å². The minimum atomic E-state index is -0.737. The van der Waals surface area contributed by atoms with Gasteiger partial charge in [0.2, 0.25) is 5.91 Å². The number of nitrogens with zero attached hydrogens (tertiary/aromatic N) is 2. The first-order valence-corrected chi connectivity index (χ1v) is 9.30. The zero-order chi connectivity index (χ0) is 18.1. The van der Waals surface area contributed by atoms with Crippen LogP contribution < -0.4 is 10.6 Å². The van der Waals surface area contributed by atoms with E-state index in [4.69, 9.17) is 0 Å². The predicted molar refractivity (Wildman–Crippen MR) is 95.5 cm³/mol. The fourth-order valence-corrected chi connectivity index (χ4v) is 4.25. The molecule has 1 unspecified atom stereocenters. The Labute approximate surface area is 152 Å². The van der Waals surface area contributed by atoms with E-state index in [1.54, 1.807) is 0 Å². The standard InChI is InChI=1S/C19H24N4O3/c24-17(12-16-18(25)21-19(26)20-16)23-7-3-6-22(8-9-23)15-10-13-4-1-2-5-14(13)11-15/h1-2,4-5,15-16H,3,6-12H2,(H2,20,21,25,26). The molecule has 1 aromatic rings. The summed E-state index contributed by atoms with van der Waals surface area (Å²) in [7, 11) is 0. The topological polar surface area (TPSA) is 81.8 Å². The second-order valence-electron chi connectivity index (χ2n) is 7.32. The molecular weight excluding hydrogens is 332 g/mol. The van der Waals surface area contributed by atoms with Crippen LogP contribution in [0.4, 0.5) is 4.79 Å². The van der Waals surface area contributed by atoms with Crippen molar-refractivity contribution < 1.29 is 14.4 Å². The number of hydrogen-bond donors (Lipinski definition) is 2. The molecule has 2 saturated heterocycles. The van der Waals surface area contributed by atoms with Crippen LogP contribution in [0.2, 0.25) is 0 Å². The number of carbonyl (C=O) groups excluding carboxylic acids is 3. The third-order valence-corrected chi connectivity index (χ3v) is 5.67. The molecule has 4 amide bonds. The zero-order valence-corrected chi connectivity index (χ0v) is 14.7. The number of imide groups is 1. The molecule has 7 nitrogen and oxygen atoms in total. The first kappa shape index (κ1) is 17.0. The maximum Gasteiger partial charge on any atom is 0.322 e. The molecule has 2 heterocycles. The Morgan fingerprint density at radius 3 is 2.42 bits per heavy atom. The highest BCUT2D eigenvalue weighted by molar-refractivity contribution is 6.05. The molecule has 2 aliphatic heterocycles. The summed E-state index contributed by atoms with van der Waals surface area (Å²) in [6, 6.07) is 7.88. The highest BCUT2D eigenvalue weighted by atomic mass is 16.2. The van der Waals surface area contributed by atoms with E-state index in [0.29, 0.717) is 19.1 Å². The lowest BCUT2D eigenvalue weighted by Gasteiger charge is -2.27. The molecule has 4 rings (SSSR count). The van der Waals surface area contributed by atoms with Crippen molar-refractivity contribution in [2.24, 2.45) is 0 Å². The van der Waals surface area contributed by atoms with E-state index >= 15 is 0 Å². The van der Waals surface area contributed by atoms with Crippen LogP contribution >= 0.6 is 0 Å². The number of urea groups is 1. The summed E-state index contributed by atoms with van der Waals surface area (Å²) in [5, 5.41) is 4.67. The lowest BCUT2D eigenvalue weighted by Crippen LogP contribution is -2.42. The van der Waals surface area contributed by atoms with Gasteiger partial charge in [0.1, 0.15) is 6.04 Å². The van der Waals surface area contributed by atoms with Gasteiger partial charge >= 0.3 is 6.03 Å². The van der Waals surface area contributed by atoms with E-state index in [-0.39, 0.29) is 12.3 Å². The van der Waals surface area contributed by atoms with Gasteiger partial charge in [0, 0.05) is 32.2 Å². The lowest BCUT2D eigenvalue weighted by atomic mass is 10.1. The molecule has 1 atom stereocenters. The van der Waals surface area contributed by atoms with Crippen LogP contribution in [0.25, 0.3) is 0 Å². The van der Waals surface area contributed by atoms with Gasteiger partial charge in [-0.1, -0.05) is 24.3 Å². The summed E-state index contributed by atoms with van der Waals surface area (Å²) in [6.07, 6.45) is 3.13. The van der Waals surface area contributed by atoms with E-state index in [9.17, 15) is 14.4 Å². The monoisotopic (exact) mass is 356 g/mol. The molecule has 7 heteroatoms. The molecule has 2 N–H and O–H groups in total. The third-order valence-electron chi connectivity index (χ3n) is 5.67. The Morgan fingerprint density at radius 1 is 1.04 bits per heavy atom. The summed E-state index contributed by atoms with van der Waals surface area (Å²) in [6.45, 7) is 3.22. The Bertz CT molecular complexity index is 710. The van der Waals surface area contributed by atoms with E-state index in [0.717, 1.165) is 32.4 Å². The van der Waals surface area contributed by atoms with Gasteiger partial charge in [-0.15, -0.1) is 0 Å². The van der Waals surface area contributed by atoms with Crippen LogP contribution in [-0.2, 0) is 22.4 Å². The first-order chi connectivity index (χ1) is 12.6. The minimum absolute atomic E-state index is 0.0342. The third kappa shape index (κ3) is 3.44. The number of amides is 4. The molecular formula is C19H24N4O3. The van der Waals surface area contributed by atoms with E-state index in [1.165, 1.54) is 11.1 Å². The Hall–Kier alpha value is -2.41. The summed E-state index contributed by atoms with van der Waals surface area (Å²) < 4.78 is 0. The van der Waals surface area contributed by atoms with Crippen molar-refractivity contribution in [3.63, 3.8) is 0 Å². The molecule has 0 bridgehead atoms. The second kappa shape index (κ2) is 7.07. The van der Waals surface area contributed by atoms with Crippen LogP contribution in [0.15, 0.2) is 24.3 Å². The van der Waals surface area contributed by atoms with E-state index < -0.39 is 18.0 Å². The smallest absolute Gasteiger partial charge is 0.322 e. The highest BCUT2D eigenvalue weighted by Crippen LogP contribution is 2.26. The van der Waals surface area contributed by atoms with E-state index in [1.807, 2.05) is 4.90 Å². The van der Waals surface area contributed by atoms with Gasteiger partial charge in [0.15, 0.2) is 0 Å². The molecule has 2 fully saturated rings. The minimum Gasteiger partial charge on any atom is -0.341 e. The lowest BCUT2D eigenvalue weighted by molar-refractivity contribution is -0.133. The molecule has 26 heavy (non-hydrogen) atoms. The number of nitrogens with one attached hydrogen (secondary N) is 2. The van der Waals surface area contributed by atoms with Crippen molar-refractivity contribution in [1.82, 2.24) is 20.4 Å². The van der Waals surface area contributed by atoms with Gasteiger partial charge in [-0.25, -0.2) is 4.79 Å². The van der Waals surface area contributed by atoms with Crippen LogP contribution in [0.1, 0.15) is 24.0 Å². The Kier molecular flexibility index (Phi) is 4.63. The van der Waals surface area contributed by atoms with Crippen LogP contribution in [-0.4, -0.2) is 65.9 Å². The fourth-order valence-electron chi connectivity index (χ4n) is 4.25. The van der Waals surface area contributed by atoms with Crippen molar-refractivity contribution in [3.05, 3.63) is 35.4 Å². The molecule has 138 valence electrons. The average molecular weight is 356 g/mol. The predicted octanol–water partition coefficient (Wildman–Crippen LogP) is 0.286. The van der Waals surface area contributed by atoms with Crippen LogP contribution in [0.3, 0.4) is 0 Å². The van der Waals surface area contributed by atoms with Crippen molar-refractivity contribution in [1.29, 1.82) is 0 Å². The Morgan fingerprint density at radius 2 is 1.77 bits per heavy atom. The molecule has 3 aliphatic rings. The molecule has 0 radical (unpaired) electrons. The maximum absolute atomic E-state index is 12.5. The first-order valence-electron chi connectivity index (χ1n) is 9.30. The van der Waals surface area contributed by atoms with Gasteiger partial charge in [-0.05, 0) is 30.4 Å². The molecule has 0 saturated carbocycles.